The summed E-state index contributed by atoms with van der Waals surface area (Å²) in [6.07, 6.45) is 1.32. The normalized spacial score (nSPS) is 21.0. The second-order valence-corrected chi connectivity index (χ2v) is 5.00. The molecule has 1 N–H and O–H groups in total. The molecule has 3 aromatic rings. The topological polar surface area (TPSA) is 45.4 Å². The number of hydrogen-bond donors (Lipinski definition) is 1. The monoisotopic (exact) mass is 263 g/mol. The molecule has 0 aliphatic carbocycles. The molecular weight excluding hydrogens is 250 g/mol. The van der Waals surface area contributed by atoms with Crippen LogP contribution in [-0.4, -0.2) is 16.9 Å². The van der Waals surface area contributed by atoms with Gasteiger partial charge >= 0.3 is 0 Å². The number of nitrogens with one attached hydrogen (secondary N) is 1. The Morgan fingerprint density at radius 1 is 1.00 bits per heavy atom. The summed E-state index contributed by atoms with van der Waals surface area (Å²) in [5.74, 6) is 0.0521. The van der Waals surface area contributed by atoms with E-state index in [9.17, 15) is 4.79 Å². The van der Waals surface area contributed by atoms with E-state index in [1.807, 2.05) is 54.6 Å². The van der Waals surface area contributed by atoms with E-state index in [1.54, 1.807) is 6.20 Å². The van der Waals surface area contributed by atoms with Crippen LogP contribution in [-0.2, 0) is 4.74 Å². The zero-order chi connectivity index (χ0) is 13.5. The van der Waals surface area contributed by atoms with Gasteiger partial charge in [-0.05, 0) is 11.6 Å². The van der Waals surface area contributed by atoms with Crippen molar-refractivity contribution in [1.82, 2.24) is 4.98 Å². The number of carbonyl (C=O) groups is 1. The molecule has 3 nitrogen and oxygen atoms in total. The highest BCUT2D eigenvalue weighted by Crippen LogP contribution is 2.41. The zero-order valence-corrected chi connectivity index (χ0v) is 10.7. The molecule has 0 saturated carbocycles. The molecule has 1 saturated heterocycles. The van der Waals surface area contributed by atoms with Crippen LogP contribution in [0.1, 0.15) is 22.0 Å². The molecule has 2 aromatic carbocycles. The number of hydrogen-bond acceptors (Lipinski definition) is 2. The minimum atomic E-state index is -0.350. The number of rotatable bonds is 3. The van der Waals surface area contributed by atoms with Crippen LogP contribution in [0.15, 0.2) is 60.8 Å². The number of ketones is 1. The Bertz CT molecular complexity index is 776. The minimum Gasteiger partial charge on any atom is -0.360 e. The van der Waals surface area contributed by atoms with Crippen molar-refractivity contribution in [2.24, 2.45) is 0 Å². The second kappa shape index (κ2) is 4.32. The lowest BCUT2D eigenvalue weighted by Gasteiger charge is -1.96. The quantitative estimate of drug-likeness (QED) is 0.580. The molecule has 2 heterocycles. The van der Waals surface area contributed by atoms with Crippen molar-refractivity contribution in [3.05, 3.63) is 71.9 Å². The van der Waals surface area contributed by atoms with Crippen molar-refractivity contribution in [2.75, 3.05) is 0 Å². The van der Waals surface area contributed by atoms with Crippen LogP contribution in [0.5, 0.6) is 0 Å². The molecule has 2 atom stereocenters. The number of ether oxygens (including phenoxy) is 1. The number of Topliss-reactive ketones (excluding diaryl/α,β-unsaturated/α-hetero) is 1. The van der Waals surface area contributed by atoms with E-state index in [4.69, 9.17) is 4.74 Å². The van der Waals surface area contributed by atoms with Crippen molar-refractivity contribution in [2.45, 2.75) is 12.2 Å². The maximum atomic E-state index is 12.5. The van der Waals surface area contributed by atoms with E-state index in [-0.39, 0.29) is 18.0 Å². The van der Waals surface area contributed by atoms with E-state index < -0.39 is 0 Å². The summed E-state index contributed by atoms with van der Waals surface area (Å²) in [5.41, 5.74) is 2.75. The Morgan fingerprint density at radius 2 is 1.75 bits per heavy atom. The molecule has 98 valence electrons. The Balaban J connectivity index is 1.63. The first kappa shape index (κ1) is 11.4. The molecule has 0 bridgehead atoms. The number of epoxide rings is 1. The summed E-state index contributed by atoms with van der Waals surface area (Å²) in [6.45, 7) is 0. The number of fused-ring (bicyclic) bond motifs is 1. The van der Waals surface area contributed by atoms with Crippen molar-refractivity contribution < 1.29 is 9.53 Å². The lowest BCUT2D eigenvalue weighted by Crippen LogP contribution is -2.07. The predicted octanol–water partition coefficient (Wildman–Crippen LogP) is 3.49. The fourth-order valence-electron chi connectivity index (χ4n) is 2.64. The lowest BCUT2D eigenvalue weighted by atomic mass is 10.0. The second-order valence-electron chi connectivity index (χ2n) is 5.00. The van der Waals surface area contributed by atoms with E-state index in [0.29, 0.717) is 5.56 Å². The highest BCUT2D eigenvalue weighted by molar-refractivity contribution is 6.11. The van der Waals surface area contributed by atoms with Crippen LogP contribution in [0.3, 0.4) is 0 Å². The number of aromatic amines is 1. The molecule has 0 spiro atoms. The summed E-state index contributed by atoms with van der Waals surface area (Å²) in [4.78, 5) is 15.7. The van der Waals surface area contributed by atoms with Gasteiger partial charge in [-0.25, -0.2) is 0 Å². The van der Waals surface area contributed by atoms with Crippen molar-refractivity contribution in [3.8, 4) is 0 Å². The van der Waals surface area contributed by atoms with Gasteiger partial charge in [-0.1, -0.05) is 48.5 Å². The van der Waals surface area contributed by atoms with Crippen LogP contribution in [0.25, 0.3) is 10.9 Å². The summed E-state index contributed by atoms with van der Waals surface area (Å²) in [5, 5.41) is 0.958. The maximum Gasteiger partial charge on any atom is 0.196 e. The van der Waals surface area contributed by atoms with Gasteiger partial charge < -0.3 is 9.72 Å². The zero-order valence-electron chi connectivity index (χ0n) is 10.7. The Morgan fingerprint density at radius 3 is 2.60 bits per heavy atom. The van der Waals surface area contributed by atoms with Crippen LogP contribution in [0.2, 0.25) is 0 Å². The molecule has 0 amide bonds. The summed E-state index contributed by atoms with van der Waals surface area (Å²) in [6, 6.07) is 17.7. The van der Waals surface area contributed by atoms with Crippen LogP contribution in [0, 0.1) is 0 Å². The molecule has 3 heteroatoms. The van der Waals surface area contributed by atoms with Crippen LogP contribution >= 0.6 is 0 Å². The van der Waals surface area contributed by atoms with E-state index in [2.05, 4.69) is 4.98 Å². The summed E-state index contributed by atoms with van der Waals surface area (Å²) in [7, 11) is 0. The molecule has 1 fully saturated rings. The fraction of sp³-hybridized carbons (Fsp3) is 0.118. The fourth-order valence-corrected chi connectivity index (χ4v) is 2.64. The third kappa shape index (κ3) is 1.75. The first-order valence-electron chi connectivity index (χ1n) is 6.65. The lowest BCUT2D eigenvalue weighted by molar-refractivity contribution is 0.0955. The maximum absolute atomic E-state index is 12.5. The van der Waals surface area contributed by atoms with Gasteiger partial charge in [0.15, 0.2) is 11.9 Å². The third-order valence-corrected chi connectivity index (χ3v) is 3.73. The van der Waals surface area contributed by atoms with Gasteiger partial charge in [-0.2, -0.15) is 0 Å². The van der Waals surface area contributed by atoms with Crippen molar-refractivity contribution >= 4 is 16.7 Å². The number of benzene rings is 2. The highest BCUT2D eigenvalue weighted by Gasteiger charge is 2.46. The average molecular weight is 263 g/mol. The SMILES string of the molecule is O=C(c1c[nH]c2ccccc12)[C@@H]1O[C@H]1c1ccccc1. The summed E-state index contributed by atoms with van der Waals surface area (Å²) >= 11 is 0. The van der Waals surface area contributed by atoms with Gasteiger partial charge in [0.25, 0.3) is 0 Å². The molecule has 0 radical (unpaired) electrons. The molecule has 0 unspecified atom stereocenters. The van der Waals surface area contributed by atoms with Gasteiger partial charge in [-0.3, -0.25) is 4.79 Å². The number of carbonyl (C=O) groups excluding carboxylic acids is 1. The standard InChI is InChI=1S/C17H13NO2/c19-15(13-10-18-14-9-5-4-8-12(13)14)17-16(20-17)11-6-2-1-3-7-11/h1-10,16-18H/t16-,17-/m0/s1. The largest absolute Gasteiger partial charge is 0.360 e. The predicted molar refractivity (Wildman–Crippen MR) is 76.7 cm³/mol. The van der Waals surface area contributed by atoms with Gasteiger partial charge in [-0.15, -0.1) is 0 Å². The minimum absolute atomic E-state index is 0.0521. The van der Waals surface area contributed by atoms with Gasteiger partial charge in [0, 0.05) is 22.7 Å². The van der Waals surface area contributed by atoms with Crippen LogP contribution in [0.4, 0.5) is 0 Å². The average Bonchev–Trinajstić information content (AvgIpc) is 3.20. The molecule has 1 aliphatic rings. The smallest absolute Gasteiger partial charge is 0.196 e. The molecular formula is C17H13NO2. The first-order valence-corrected chi connectivity index (χ1v) is 6.65. The van der Waals surface area contributed by atoms with E-state index in [0.717, 1.165) is 16.5 Å². The summed E-state index contributed by atoms with van der Waals surface area (Å²) < 4.78 is 5.57. The Labute approximate surface area is 116 Å². The van der Waals surface area contributed by atoms with E-state index >= 15 is 0 Å². The molecule has 4 rings (SSSR count). The van der Waals surface area contributed by atoms with Gasteiger partial charge in [0.2, 0.25) is 0 Å². The third-order valence-electron chi connectivity index (χ3n) is 3.73. The van der Waals surface area contributed by atoms with Gasteiger partial charge in [0.05, 0.1) is 0 Å². The number of H-pyrrole nitrogens is 1. The molecule has 20 heavy (non-hydrogen) atoms. The molecule has 1 aromatic heterocycles. The number of aromatic nitrogens is 1. The number of para-hydroxylation sites is 1. The van der Waals surface area contributed by atoms with E-state index in [1.165, 1.54) is 0 Å². The van der Waals surface area contributed by atoms with Crippen LogP contribution < -0.4 is 0 Å². The Kier molecular flexibility index (Phi) is 2.47. The first-order chi connectivity index (χ1) is 9.84. The highest BCUT2D eigenvalue weighted by atomic mass is 16.6. The Hall–Kier alpha value is -2.39. The molecule has 1 aliphatic heterocycles. The van der Waals surface area contributed by atoms with Crippen molar-refractivity contribution in [1.29, 1.82) is 0 Å². The van der Waals surface area contributed by atoms with Crippen molar-refractivity contribution in [3.63, 3.8) is 0 Å². The van der Waals surface area contributed by atoms with Gasteiger partial charge in [0.1, 0.15) is 6.10 Å².